The number of hydrogen-bond acceptors (Lipinski definition) is 6. The van der Waals surface area contributed by atoms with E-state index >= 15 is 0 Å². The van der Waals surface area contributed by atoms with E-state index in [9.17, 15) is 5.11 Å². The van der Waals surface area contributed by atoms with Crippen molar-refractivity contribution in [1.29, 1.82) is 0 Å². The Kier molecular flexibility index (Phi) is 4.98. The van der Waals surface area contributed by atoms with Gasteiger partial charge in [0, 0.05) is 17.7 Å². The van der Waals surface area contributed by atoms with E-state index in [1.807, 2.05) is 47.0 Å². The van der Waals surface area contributed by atoms with Gasteiger partial charge in [0.05, 0.1) is 13.2 Å². The van der Waals surface area contributed by atoms with Gasteiger partial charge in [-0.25, -0.2) is 0 Å². The lowest BCUT2D eigenvalue weighted by atomic mass is 10.2. The van der Waals surface area contributed by atoms with Crippen LogP contribution in [0.25, 0.3) is 11.4 Å². The Labute approximate surface area is 161 Å². The minimum atomic E-state index is -0.945. The summed E-state index contributed by atoms with van der Waals surface area (Å²) in [7, 11) is 0. The lowest BCUT2D eigenvalue weighted by molar-refractivity contribution is -0.0818. The second-order valence-electron chi connectivity index (χ2n) is 5.97. The summed E-state index contributed by atoms with van der Waals surface area (Å²) in [4.78, 5) is 0. The third kappa shape index (κ3) is 3.49. The molecule has 2 heterocycles. The Morgan fingerprint density at radius 1 is 1.07 bits per heavy atom. The molecular formula is C20H19N3O3S. The number of allylic oxidation sites excluding steroid dienone is 1. The molecule has 6 nitrogen and oxygen atoms in total. The van der Waals surface area contributed by atoms with Crippen molar-refractivity contribution in [2.45, 2.75) is 16.8 Å². The predicted molar refractivity (Wildman–Crippen MR) is 103 cm³/mol. The molecule has 2 aromatic carbocycles. The fraction of sp³-hybridized carbons (Fsp3) is 0.200. The summed E-state index contributed by atoms with van der Waals surface area (Å²) >= 11 is 1.38. The van der Waals surface area contributed by atoms with E-state index in [1.165, 1.54) is 11.8 Å². The van der Waals surface area contributed by atoms with E-state index in [0.717, 1.165) is 11.1 Å². The van der Waals surface area contributed by atoms with Crippen molar-refractivity contribution in [2.75, 3.05) is 13.2 Å². The van der Waals surface area contributed by atoms with Crippen LogP contribution < -0.4 is 0 Å². The molecule has 1 aromatic heterocycles. The molecule has 0 unspecified atom stereocenters. The van der Waals surface area contributed by atoms with Crippen LogP contribution in [0.3, 0.4) is 0 Å². The topological polar surface area (TPSA) is 69.4 Å². The number of aromatic hydroxyl groups is 1. The summed E-state index contributed by atoms with van der Waals surface area (Å²) in [5.74, 6) is 0.900. The van der Waals surface area contributed by atoms with E-state index in [-0.39, 0.29) is 5.75 Å². The molecule has 138 valence electrons. The first-order chi connectivity index (χ1) is 13.2. The Balaban J connectivity index is 1.73. The Bertz CT molecular complexity index is 919. The van der Waals surface area contributed by atoms with Crippen molar-refractivity contribution >= 4 is 11.8 Å². The zero-order valence-electron chi connectivity index (χ0n) is 14.6. The molecule has 4 rings (SSSR count). The Morgan fingerprint density at radius 3 is 2.44 bits per heavy atom. The number of thioether (sulfide) groups is 1. The monoisotopic (exact) mass is 381 g/mol. The van der Waals surface area contributed by atoms with Crippen LogP contribution >= 0.6 is 11.8 Å². The molecule has 0 amide bonds. The highest BCUT2D eigenvalue weighted by molar-refractivity contribution is 7.99. The van der Waals surface area contributed by atoms with Gasteiger partial charge in [-0.15, -0.1) is 16.8 Å². The predicted octanol–water partition coefficient (Wildman–Crippen LogP) is 3.79. The smallest absolute Gasteiger partial charge is 0.253 e. The molecule has 0 radical (unpaired) electrons. The van der Waals surface area contributed by atoms with Gasteiger partial charge in [-0.05, 0) is 36.0 Å². The molecular weight excluding hydrogens is 362 g/mol. The van der Waals surface area contributed by atoms with Crippen molar-refractivity contribution in [3.8, 4) is 17.1 Å². The highest BCUT2D eigenvalue weighted by Crippen LogP contribution is 2.46. The van der Waals surface area contributed by atoms with Crippen molar-refractivity contribution in [1.82, 2.24) is 14.8 Å². The Morgan fingerprint density at radius 2 is 1.78 bits per heavy atom. The van der Waals surface area contributed by atoms with Gasteiger partial charge in [-0.1, -0.05) is 36.4 Å². The third-order valence-corrected chi connectivity index (χ3v) is 5.40. The maximum absolute atomic E-state index is 9.53. The molecule has 1 N–H and O–H groups in total. The van der Waals surface area contributed by atoms with Gasteiger partial charge >= 0.3 is 0 Å². The minimum absolute atomic E-state index is 0.207. The zero-order valence-corrected chi connectivity index (χ0v) is 15.4. The number of aromatic nitrogens is 3. The number of ether oxygens (including phenoxy) is 2. The van der Waals surface area contributed by atoms with Gasteiger partial charge in [0.15, 0.2) is 11.0 Å². The number of hydrogen-bond donors (Lipinski definition) is 1. The van der Waals surface area contributed by atoms with Gasteiger partial charge in [0.25, 0.3) is 5.12 Å². The highest BCUT2D eigenvalue weighted by atomic mass is 32.2. The van der Waals surface area contributed by atoms with Crippen LogP contribution in [0.15, 0.2) is 72.4 Å². The van der Waals surface area contributed by atoms with Crippen molar-refractivity contribution < 1.29 is 14.6 Å². The molecule has 1 aliphatic rings. The van der Waals surface area contributed by atoms with Crippen LogP contribution in [0.2, 0.25) is 0 Å². The van der Waals surface area contributed by atoms with Gasteiger partial charge in [-0.3, -0.25) is 4.57 Å². The van der Waals surface area contributed by atoms with Crippen LogP contribution in [0.4, 0.5) is 0 Å². The summed E-state index contributed by atoms with van der Waals surface area (Å²) in [6.07, 6.45) is 1.79. The van der Waals surface area contributed by atoms with Crippen LogP contribution in [0.1, 0.15) is 5.56 Å². The maximum atomic E-state index is 9.53. The van der Waals surface area contributed by atoms with E-state index in [4.69, 9.17) is 9.47 Å². The molecule has 7 heteroatoms. The van der Waals surface area contributed by atoms with Gasteiger partial charge in [-0.2, -0.15) is 0 Å². The van der Waals surface area contributed by atoms with E-state index < -0.39 is 5.12 Å². The minimum Gasteiger partial charge on any atom is -0.508 e. The molecule has 1 aliphatic heterocycles. The molecule has 1 saturated heterocycles. The van der Waals surface area contributed by atoms with E-state index in [1.54, 1.807) is 18.2 Å². The second kappa shape index (κ2) is 7.56. The Hall–Kier alpha value is -2.61. The number of rotatable bonds is 6. The molecule has 27 heavy (non-hydrogen) atoms. The largest absolute Gasteiger partial charge is 0.508 e. The average molecular weight is 381 g/mol. The SMILES string of the molecule is C=CCn1c(SC2(c3ccccc3)OCCO2)nnc1-c1ccc(O)cc1. The fourth-order valence-electron chi connectivity index (χ4n) is 2.92. The molecule has 0 atom stereocenters. The first-order valence-corrected chi connectivity index (χ1v) is 9.39. The number of phenolic OH excluding ortho intramolecular Hbond substituents is 1. The van der Waals surface area contributed by atoms with Crippen LogP contribution in [-0.2, 0) is 21.1 Å². The van der Waals surface area contributed by atoms with Crippen LogP contribution in [-0.4, -0.2) is 33.1 Å². The normalized spacial score (nSPS) is 15.7. The zero-order chi connectivity index (χ0) is 18.7. The van der Waals surface area contributed by atoms with Crippen molar-refractivity contribution in [3.63, 3.8) is 0 Å². The van der Waals surface area contributed by atoms with Gasteiger partial charge < -0.3 is 14.6 Å². The van der Waals surface area contributed by atoms with E-state index in [2.05, 4.69) is 16.8 Å². The molecule has 3 aromatic rings. The fourth-order valence-corrected chi connectivity index (χ4v) is 4.05. The maximum Gasteiger partial charge on any atom is 0.253 e. The summed E-state index contributed by atoms with van der Waals surface area (Å²) in [5, 5.41) is 18.0. The summed E-state index contributed by atoms with van der Waals surface area (Å²) < 4.78 is 13.9. The van der Waals surface area contributed by atoms with Crippen LogP contribution in [0.5, 0.6) is 5.75 Å². The lowest BCUT2D eigenvalue weighted by Gasteiger charge is -2.26. The first kappa shape index (κ1) is 17.8. The molecule has 1 fully saturated rings. The number of phenols is 1. The highest BCUT2D eigenvalue weighted by Gasteiger charge is 2.41. The number of benzene rings is 2. The molecule has 0 saturated carbocycles. The standard InChI is InChI=1S/C20H19N3O3S/c1-2-12-23-18(15-8-10-17(24)11-9-15)21-22-19(23)27-20(25-13-14-26-20)16-6-4-3-5-7-16/h2-11,24H,1,12-14H2. The summed E-state index contributed by atoms with van der Waals surface area (Å²) in [6, 6.07) is 16.7. The van der Waals surface area contributed by atoms with E-state index in [0.29, 0.717) is 30.7 Å². The van der Waals surface area contributed by atoms with Gasteiger partial charge in [0.2, 0.25) is 0 Å². The first-order valence-electron chi connectivity index (χ1n) is 8.58. The molecule has 0 spiro atoms. The molecule has 0 bridgehead atoms. The quantitative estimate of drug-likeness (QED) is 0.655. The number of nitrogens with zero attached hydrogens (tertiary/aromatic N) is 3. The second-order valence-corrected chi connectivity index (χ2v) is 7.08. The molecule has 0 aliphatic carbocycles. The summed E-state index contributed by atoms with van der Waals surface area (Å²) in [6.45, 7) is 5.42. The van der Waals surface area contributed by atoms with Crippen molar-refractivity contribution in [2.24, 2.45) is 0 Å². The van der Waals surface area contributed by atoms with Crippen molar-refractivity contribution in [3.05, 3.63) is 72.8 Å². The van der Waals surface area contributed by atoms with Crippen LogP contribution in [0, 0.1) is 0 Å². The average Bonchev–Trinajstić information content (AvgIpc) is 3.33. The third-order valence-electron chi connectivity index (χ3n) is 4.17. The summed E-state index contributed by atoms with van der Waals surface area (Å²) in [5.41, 5.74) is 1.78. The van der Waals surface area contributed by atoms with Gasteiger partial charge in [0.1, 0.15) is 5.75 Å². The lowest BCUT2D eigenvalue weighted by Crippen LogP contribution is -2.23.